The fourth-order valence-electron chi connectivity index (χ4n) is 6.04. The Morgan fingerprint density at radius 2 is 1.95 bits per heavy atom. The average molecular weight is 540 g/mol. The van der Waals surface area contributed by atoms with Crippen LogP contribution in [-0.2, 0) is 22.6 Å². The summed E-state index contributed by atoms with van der Waals surface area (Å²) in [5.74, 6) is -0.592. The Morgan fingerprint density at radius 1 is 1.15 bits per heavy atom. The molecule has 0 unspecified atom stereocenters. The second-order valence-electron chi connectivity index (χ2n) is 11.2. The molecule has 1 saturated heterocycles. The SMILES string of the molecule is CCCCN(CCCCN(C)C)C(=O)CN1C[C@H](c2ccc3c(c2)CCO3)[C@@H](C(=O)O)[C@@H]1CCn1cccn1. The van der Waals surface area contributed by atoms with Crippen LogP contribution >= 0.6 is 0 Å². The second-order valence-corrected chi connectivity index (χ2v) is 11.2. The monoisotopic (exact) mass is 539 g/mol. The summed E-state index contributed by atoms with van der Waals surface area (Å²) in [6.45, 7) is 6.72. The van der Waals surface area contributed by atoms with Crippen LogP contribution < -0.4 is 4.74 Å². The van der Waals surface area contributed by atoms with Crippen molar-refractivity contribution in [3.8, 4) is 5.75 Å². The number of amides is 1. The smallest absolute Gasteiger partial charge is 0.308 e. The molecule has 2 aliphatic rings. The van der Waals surface area contributed by atoms with Crippen molar-refractivity contribution < 1.29 is 19.4 Å². The maximum Gasteiger partial charge on any atom is 0.308 e. The number of aryl methyl sites for hydroxylation is 1. The van der Waals surface area contributed by atoms with Crippen molar-refractivity contribution in [1.82, 2.24) is 24.5 Å². The van der Waals surface area contributed by atoms with Crippen molar-refractivity contribution in [3.05, 3.63) is 47.8 Å². The topological polar surface area (TPSA) is 91.1 Å². The van der Waals surface area contributed by atoms with Gasteiger partial charge in [-0.05, 0) is 69.6 Å². The van der Waals surface area contributed by atoms with Crippen LogP contribution in [0.5, 0.6) is 5.75 Å². The molecule has 214 valence electrons. The van der Waals surface area contributed by atoms with E-state index in [-0.39, 0.29) is 24.4 Å². The molecule has 1 amide bonds. The van der Waals surface area contributed by atoms with Gasteiger partial charge < -0.3 is 19.6 Å². The molecule has 0 bridgehead atoms. The third kappa shape index (κ3) is 7.60. The predicted octanol–water partition coefficient (Wildman–Crippen LogP) is 3.35. The highest BCUT2D eigenvalue weighted by Gasteiger charge is 2.47. The summed E-state index contributed by atoms with van der Waals surface area (Å²) in [6, 6.07) is 7.73. The van der Waals surface area contributed by atoms with E-state index < -0.39 is 11.9 Å². The van der Waals surface area contributed by atoms with Crippen molar-refractivity contribution in [3.63, 3.8) is 0 Å². The number of ether oxygens (including phenoxy) is 1. The van der Waals surface area contributed by atoms with Gasteiger partial charge in [-0.25, -0.2) is 0 Å². The van der Waals surface area contributed by atoms with Crippen molar-refractivity contribution in [2.45, 2.75) is 64.0 Å². The Morgan fingerprint density at radius 3 is 2.67 bits per heavy atom. The van der Waals surface area contributed by atoms with E-state index in [1.807, 2.05) is 34.0 Å². The van der Waals surface area contributed by atoms with Gasteiger partial charge >= 0.3 is 5.97 Å². The standard InChI is InChI=1S/C30H45N5O4/c1-4-5-15-33(16-7-6-14-32(2)3)28(36)22-34-21-25(23-9-10-27-24(20-23)12-19-39-27)29(30(37)38)26(34)11-18-35-17-8-13-31-35/h8-10,13,17,20,25-26,29H,4-7,11-12,14-16,18-19,21-22H2,1-3H3,(H,37,38)/t25-,26+,29-/m1/s1. The Kier molecular flexibility index (Phi) is 10.4. The number of fused-ring (bicyclic) bond motifs is 1. The zero-order chi connectivity index (χ0) is 27.8. The number of rotatable bonds is 15. The van der Waals surface area contributed by atoms with Gasteiger partial charge in [0.05, 0.1) is 19.1 Å². The lowest BCUT2D eigenvalue weighted by Crippen LogP contribution is -2.45. The summed E-state index contributed by atoms with van der Waals surface area (Å²) in [4.78, 5) is 32.7. The molecule has 2 aromatic rings. The number of carbonyl (C=O) groups is 2. The minimum atomic E-state index is -0.802. The fourth-order valence-corrected chi connectivity index (χ4v) is 6.04. The first-order valence-electron chi connectivity index (χ1n) is 14.5. The molecule has 0 aliphatic carbocycles. The largest absolute Gasteiger partial charge is 0.493 e. The number of carboxylic acids is 1. The maximum absolute atomic E-state index is 13.7. The lowest BCUT2D eigenvalue weighted by Gasteiger charge is -2.30. The molecule has 9 nitrogen and oxygen atoms in total. The third-order valence-electron chi connectivity index (χ3n) is 8.14. The van der Waals surface area contributed by atoms with Gasteiger partial charge in [0.15, 0.2) is 0 Å². The molecule has 4 rings (SSSR count). The van der Waals surface area contributed by atoms with Crippen LogP contribution in [0.4, 0.5) is 0 Å². The first kappa shape index (κ1) is 29.1. The minimum Gasteiger partial charge on any atom is -0.493 e. The minimum absolute atomic E-state index is 0.101. The molecular formula is C30H45N5O4. The van der Waals surface area contributed by atoms with Gasteiger partial charge in [-0.15, -0.1) is 0 Å². The molecule has 1 fully saturated rings. The van der Waals surface area contributed by atoms with Gasteiger partial charge in [-0.3, -0.25) is 19.2 Å². The van der Waals surface area contributed by atoms with Gasteiger partial charge in [0, 0.05) is 57.0 Å². The number of hydrogen-bond donors (Lipinski definition) is 1. The molecule has 9 heteroatoms. The summed E-state index contributed by atoms with van der Waals surface area (Å²) in [6.07, 6.45) is 9.12. The van der Waals surface area contributed by atoms with Crippen molar-refractivity contribution in [2.75, 3.05) is 53.4 Å². The number of hydrogen-bond acceptors (Lipinski definition) is 6. The van der Waals surface area contributed by atoms with Crippen molar-refractivity contribution in [2.24, 2.45) is 5.92 Å². The average Bonchev–Trinajstić information content (AvgIpc) is 3.66. The molecule has 0 radical (unpaired) electrons. The summed E-state index contributed by atoms with van der Waals surface area (Å²) >= 11 is 0. The van der Waals surface area contributed by atoms with E-state index in [2.05, 4.69) is 42.0 Å². The number of unbranched alkanes of at least 4 members (excludes halogenated alkanes) is 2. The lowest BCUT2D eigenvalue weighted by atomic mass is 9.83. The third-order valence-corrected chi connectivity index (χ3v) is 8.14. The Bertz CT molecular complexity index is 1070. The van der Waals surface area contributed by atoms with Gasteiger partial charge in [-0.1, -0.05) is 25.5 Å². The zero-order valence-corrected chi connectivity index (χ0v) is 23.8. The molecule has 1 aromatic heterocycles. The Balaban J connectivity index is 1.53. The summed E-state index contributed by atoms with van der Waals surface area (Å²) in [7, 11) is 4.14. The highest BCUT2D eigenvalue weighted by Crippen LogP contribution is 2.41. The number of carbonyl (C=O) groups excluding carboxylic acids is 1. The molecule has 1 N–H and O–H groups in total. The van der Waals surface area contributed by atoms with Gasteiger partial charge in [0.25, 0.3) is 0 Å². The maximum atomic E-state index is 13.7. The van der Waals surface area contributed by atoms with Crippen LogP contribution in [-0.4, -0.2) is 101 Å². The number of likely N-dealkylation sites (tertiary alicyclic amines) is 1. The van der Waals surface area contributed by atoms with E-state index in [9.17, 15) is 14.7 Å². The number of aliphatic carboxylic acids is 1. The summed E-state index contributed by atoms with van der Waals surface area (Å²) < 4.78 is 7.53. The molecular weight excluding hydrogens is 494 g/mol. The van der Waals surface area contributed by atoms with E-state index in [4.69, 9.17) is 4.74 Å². The normalized spacial score (nSPS) is 20.8. The van der Waals surface area contributed by atoms with Crippen LogP contribution in [0.1, 0.15) is 56.1 Å². The van der Waals surface area contributed by atoms with Gasteiger partial charge in [0.1, 0.15) is 5.75 Å². The second kappa shape index (κ2) is 13.9. The van der Waals surface area contributed by atoms with Crippen LogP contribution in [0.15, 0.2) is 36.7 Å². The van der Waals surface area contributed by atoms with E-state index >= 15 is 0 Å². The van der Waals surface area contributed by atoms with Crippen molar-refractivity contribution in [1.29, 1.82) is 0 Å². The van der Waals surface area contributed by atoms with Gasteiger partial charge in [0.2, 0.25) is 5.91 Å². The van der Waals surface area contributed by atoms with Gasteiger partial charge in [-0.2, -0.15) is 5.10 Å². The molecule has 3 atom stereocenters. The van der Waals surface area contributed by atoms with Crippen LogP contribution in [0.2, 0.25) is 0 Å². The molecule has 0 saturated carbocycles. The first-order chi connectivity index (χ1) is 18.9. The van der Waals surface area contributed by atoms with Crippen molar-refractivity contribution >= 4 is 11.9 Å². The molecule has 2 aliphatic heterocycles. The lowest BCUT2D eigenvalue weighted by molar-refractivity contribution is -0.144. The molecule has 3 heterocycles. The summed E-state index contributed by atoms with van der Waals surface area (Å²) in [5, 5.41) is 14.8. The van der Waals surface area contributed by atoms with E-state index in [0.717, 1.165) is 68.6 Å². The molecule has 39 heavy (non-hydrogen) atoms. The Labute approximate surface area is 232 Å². The van der Waals surface area contributed by atoms with E-state index in [0.29, 0.717) is 26.1 Å². The zero-order valence-electron chi connectivity index (χ0n) is 23.8. The van der Waals surface area contributed by atoms with Crippen LogP contribution in [0, 0.1) is 5.92 Å². The number of nitrogens with zero attached hydrogens (tertiary/aromatic N) is 5. The first-order valence-corrected chi connectivity index (χ1v) is 14.5. The highest BCUT2D eigenvalue weighted by molar-refractivity contribution is 5.79. The van der Waals surface area contributed by atoms with E-state index in [1.165, 1.54) is 0 Å². The summed E-state index contributed by atoms with van der Waals surface area (Å²) in [5.41, 5.74) is 2.17. The highest BCUT2D eigenvalue weighted by atomic mass is 16.5. The fraction of sp³-hybridized carbons (Fsp3) is 0.633. The number of benzene rings is 1. The predicted molar refractivity (Wildman–Crippen MR) is 151 cm³/mol. The molecule has 0 spiro atoms. The number of aromatic nitrogens is 2. The van der Waals surface area contributed by atoms with Crippen LogP contribution in [0.25, 0.3) is 0 Å². The Hall–Kier alpha value is -2.91. The van der Waals surface area contributed by atoms with E-state index in [1.54, 1.807) is 6.20 Å². The molecule has 1 aromatic carbocycles. The van der Waals surface area contributed by atoms with Crippen LogP contribution in [0.3, 0.4) is 0 Å². The number of carboxylic acid groups (broad SMARTS) is 1. The quantitative estimate of drug-likeness (QED) is 0.347.